The van der Waals surface area contributed by atoms with Crippen LogP contribution in [-0.2, 0) is 0 Å². The van der Waals surface area contributed by atoms with Gasteiger partial charge in [0.2, 0.25) is 0 Å². The number of anilines is 1. The number of nitrogens with zero attached hydrogens (tertiary/aromatic N) is 2. The Morgan fingerprint density at radius 1 is 0.882 bits per heavy atom. The summed E-state index contributed by atoms with van der Waals surface area (Å²) in [4.78, 5) is 22.8. The van der Waals surface area contributed by atoms with Crippen LogP contribution < -0.4 is 5.32 Å². The van der Waals surface area contributed by atoms with Crippen molar-refractivity contribution in [3.63, 3.8) is 0 Å². The summed E-state index contributed by atoms with van der Waals surface area (Å²) in [7, 11) is 0. The number of carbonyl (C=O) groups excluding carboxylic acids is 1. The molecule has 0 fully saturated rings. The molecule has 0 radical (unpaired) electrons. The van der Waals surface area contributed by atoms with E-state index in [4.69, 9.17) is 4.98 Å². The van der Waals surface area contributed by atoms with Gasteiger partial charge in [-0.05, 0) is 30.0 Å². The monoisotopic (exact) mass is 463 g/mol. The quantitative estimate of drug-likeness (QED) is 0.280. The lowest BCUT2D eigenvalue weighted by Gasteiger charge is -2.10. The average Bonchev–Trinajstić information content (AvgIpc) is 3.36. The van der Waals surface area contributed by atoms with E-state index in [9.17, 15) is 4.79 Å². The van der Waals surface area contributed by atoms with E-state index in [1.54, 1.807) is 0 Å². The van der Waals surface area contributed by atoms with Gasteiger partial charge in [-0.25, -0.2) is 9.97 Å². The number of carbonyl (C=O) groups is 1. The molecule has 168 valence electrons. The maximum Gasteiger partial charge on any atom is 0.258 e. The fourth-order valence-corrected chi connectivity index (χ4v) is 4.68. The van der Waals surface area contributed by atoms with E-state index in [0.717, 1.165) is 39.8 Å². The van der Waals surface area contributed by atoms with Gasteiger partial charge in [0.25, 0.3) is 5.91 Å². The molecule has 1 unspecified atom stereocenters. The summed E-state index contributed by atoms with van der Waals surface area (Å²) in [6, 6.07) is 28.0. The van der Waals surface area contributed by atoms with E-state index >= 15 is 0 Å². The van der Waals surface area contributed by atoms with E-state index in [1.165, 1.54) is 16.9 Å². The summed E-state index contributed by atoms with van der Waals surface area (Å²) in [5, 5.41) is 6.37. The van der Waals surface area contributed by atoms with Crippen LogP contribution in [0.15, 0.2) is 90.3 Å². The van der Waals surface area contributed by atoms with Crippen molar-refractivity contribution >= 4 is 33.3 Å². The Bertz CT molecular complexity index is 1440. The SMILES string of the molecule is CCC(C)c1ccc(-c2csc(NC(=O)c3cc(-c4ccccc4)nc4ccccc34)n2)cc1. The number of aromatic nitrogens is 2. The van der Waals surface area contributed by atoms with Gasteiger partial charge in [0.1, 0.15) is 0 Å². The Morgan fingerprint density at radius 2 is 1.59 bits per heavy atom. The third-order valence-electron chi connectivity index (χ3n) is 6.14. The van der Waals surface area contributed by atoms with E-state index in [1.807, 2.05) is 66.0 Å². The fraction of sp³-hybridized carbons (Fsp3) is 0.138. The van der Waals surface area contributed by atoms with Crippen LogP contribution in [0.2, 0.25) is 0 Å². The Hall–Kier alpha value is -3.83. The first-order valence-corrected chi connectivity index (χ1v) is 12.3. The zero-order valence-corrected chi connectivity index (χ0v) is 20.0. The van der Waals surface area contributed by atoms with Gasteiger partial charge in [-0.1, -0.05) is 86.6 Å². The number of amides is 1. The lowest BCUT2D eigenvalue weighted by atomic mass is 9.97. The van der Waals surface area contributed by atoms with Crippen LogP contribution in [0, 0.1) is 0 Å². The predicted molar refractivity (Wildman–Crippen MR) is 141 cm³/mol. The third kappa shape index (κ3) is 4.47. The largest absolute Gasteiger partial charge is 0.298 e. The summed E-state index contributed by atoms with van der Waals surface area (Å²) in [5.74, 6) is 0.346. The third-order valence-corrected chi connectivity index (χ3v) is 6.90. The summed E-state index contributed by atoms with van der Waals surface area (Å²) in [6.45, 7) is 4.43. The van der Waals surface area contributed by atoms with Gasteiger partial charge in [-0.2, -0.15) is 0 Å². The molecule has 0 spiro atoms. The van der Waals surface area contributed by atoms with Crippen LogP contribution in [0.3, 0.4) is 0 Å². The molecule has 0 bridgehead atoms. The van der Waals surface area contributed by atoms with Gasteiger partial charge >= 0.3 is 0 Å². The van der Waals surface area contributed by atoms with Crippen LogP contribution in [0.5, 0.6) is 0 Å². The fourth-order valence-electron chi connectivity index (χ4n) is 3.97. The number of rotatable bonds is 6. The predicted octanol–water partition coefficient (Wildman–Crippen LogP) is 7.79. The number of pyridine rings is 1. The van der Waals surface area contributed by atoms with Crippen molar-refractivity contribution in [2.75, 3.05) is 5.32 Å². The Kier molecular flexibility index (Phi) is 6.19. The standard InChI is InChI=1S/C29H25N3OS/c1-3-19(2)20-13-15-22(16-14-20)27-18-34-29(31-27)32-28(33)24-17-26(21-9-5-4-6-10-21)30-25-12-8-7-11-23(24)25/h4-19H,3H2,1-2H3,(H,31,32,33). The second-order valence-corrected chi connectivity index (χ2v) is 9.22. The van der Waals surface area contributed by atoms with Gasteiger partial charge in [0, 0.05) is 21.9 Å². The van der Waals surface area contributed by atoms with Crippen LogP contribution >= 0.6 is 11.3 Å². The van der Waals surface area contributed by atoms with Crippen molar-refractivity contribution in [3.05, 3.63) is 101 Å². The van der Waals surface area contributed by atoms with Gasteiger partial charge < -0.3 is 0 Å². The second-order valence-electron chi connectivity index (χ2n) is 8.36. The first-order chi connectivity index (χ1) is 16.6. The molecule has 1 amide bonds. The minimum Gasteiger partial charge on any atom is -0.298 e. The van der Waals surface area contributed by atoms with E-state index in [-0.39, 0.29) is 5.91 Å². The minimum absolute atomic E-state index is 0.191. The van der Waals surface area contributed by atoms with E-state index in [2.05, 4.69) is 48.4 Å². The van der Waals surface area contributed by atoms with E-state index < -0.39 is 0 Å². The summed E-state index contributed by atoms with van der Waals surface area (Å²) < 4.78 is 0. The smallest absolute Gasteiger partial charge is 0.258 e. The van der Waals surface area contributed by atoms with Gasteiger partial charge in [0.05, 0.1) is 22.5 Å². The number of benzene rings is 3. The molecule has 0 saturated heterocycles. The van der Waals surface area contributed by atoms with Crippen molar-refractivity contribution in [1.29, 1.82) is 0 Å². The molecule has 5 heteroatoms. The average molecular weight is 464 g/mol. The molecule has 5 aromatic rings. The Morgan fingerprint density at radius 3 is 2.35 bits per heavy atom. The second kappa shape index (κ2) is 9.57. The molecule has 0 saturated carbocycles. The normalized spacial score (nSPS) is 11.9. The topological polar surface area (TPSA) is 54.9 Å². The number of fused-ring (bicyclic) bond motifs is 1. The van der Waals surface area contributed by atoms with Crippen LogP contribution in [0.4, 0.5) is 5.13 Å². The number of hydrogen-bond acceptors (Lipinski definition) is 4. The first kappa shape index (κ1) is 22.0. The maximum absolute atomic E-state index is 13.3. The molecule has 3 aromatic carbocycles. The number of thiazole rings is 1. The van der Waals surface area contributed by atoms with Crippen molar-refractivity contribution in [3.8, 4) is 22.5 Å². The Balaban J connectivity index is 1.43. The van der Waals surface area contributed by atoms with Crippen molar-refractivity contribution in [1.82, 2.24) is 9.97 Å². The lowest BCUT2D eigenvalue weighted by molar-refractivity contribution is 0.102. The highest BCUT2D eigenvalue weighted by molar-refractivity contribution is 7.14. The summed E-state index contributed by atoms with van der Waals surface area (Å²) in [6.07, 6.45) is 1.11. The van der Waals surface area contributed by atoms with Crippen LogP contribution in [0.25, 0.3) is 33.4 Å². The first-order valence-electron chi connectivity index (χ1n) is 11.4. The van der Waals surface area contributed by atoms with Gasteiger partial charge in [0.15, 0.2) is 5.13 Å². The number of hydrogen-bond donors (Lipinski definition) is 1. The maximum atomic E-state index is 13.3. The van der Waals surface area contributed by atoms with Gasteiger partial charge in [-0.15, -0.1) is 11.3 Å². The number of para-hydroxylation sites is 1. The molecule has 34 heavy (non-hydrogen) atoms. The molecule has 5 rings (SSSR count). The molecule has 0 aliphatic carbocycles. The highest BCUT2D eigenvalue weighted by Crippen LogP contribution is 2.29. The van der Waals surface area contributed by atoms with Gasteiger partial charge in [-0.3, -0.25) is 10.1 Å². The molecule has 0 aliphatic heterocycles. The summed E-state index contributed by atoms with van der Waals surface area (Å²) >= 11 is 1.43. The zero-order chi connectivity index (χ0) is 23.5. The van der Waals surface area contributed by atoms with Crippen LogP contribution in [0.1, 0.15) is 42.1 Å². The molecular weight excluding hydrogens is 438 g/mol. The molecule has 1 atom stereocenters. The van der Waals surface area contributed by atoms with Crippen molar-refractivity contribution in [2.45, 2.75) is 26.2 Å². The highest BCUT2D eigenvalue weighted by Gasteiger charge is 2.16. The molecule has 0 aliphatic rings. The molecule has 1 N–H and O–H groups in total. The highest BCUT2D eigenvalue weighted by atomic mass is 32.1. The molecule has 2 heterocycles. The molecular formula is C29H25N3OS. The minimum atomic E-state index is -0.191. The molecule has 4 nitrogen and oxygen atoms in total. The lowest BCUT2D eigenvalue weighted by Crippen LogP contribution is -2.13. The van der Waals surface area contributed by atoms with Crippen molar-refractivity contribution in [2.24, 2.45) is 0 Å². The van der Waals surface area contributed by atoms with Crippen LogP contribution in [-0.4, -0.2) is 15.9 Å². The molecule has 2 aromatic heterocycles. The number of nitrogens with one attached hydrogen (secondary N) is 1. The Labute approximate surface area is 203 Å². The van der Waals surface area contributed by atoms with Crippen molar-refractivity contribution < 1.29 is 4.79 Å². The zero-order valence-electron chi connectivity index (χ0n) is 19.2. The summed E-state index contributed by atoms with van der Waals surface area (Å²) in [5.41, 5.74) is 6.35. The van der Waals surface area contributed by atoms with E-state index in [0.29, 0.717) is 16.6 Å².